The zero-order valence-corrected chi connectivity index (χ0v) is 16.6. The third-order valence-electron chi connectivity index (χ3n) is 6.33. The average Bonchev–Trinajstić information content (AvgIpc) is 3.36. The summed E-state index contributed by atoms with van der Waals surface area (Å²) < 4.78 is 10.7. The standard InChI is InChI=1S/C22H19N3O6/c1-30-14-6-8-16(17(10-14)25(28)29)18-9-7-15(31-18)11-23-24-21(26)19-12-2-3-13(5-4-12)20(19)22(24)27/h2-3,6-13,19-20H,4-5H2,1H3/b23-11-/t12-,13+,19-,20-/m0/s1. The van der Waals surface area contributed by atoms with Gasteiger partial charge >= 0.3 is 0 Å². The minimum atomic E-state index is -0.514. The highest BCUT2D eigenvalue weighted by atomic mass is 16.6. The van der Waals surface area contributed by atoms with Gasteiger partial charge in [-0.2, -0.15) is 10.1 Å². The summed E-state index contributed by atoms with van der Waals surface area (Å²) in [5, 5.41) is 16.5. The Kier molecular flexibility index (Phi) is 4.46. The fourth-order valence-corrected chi connectivity index (χ4v) is 4.85. The molecule has 6 rings (SSSR count). The van der Waals surface area contributed by atoms with Gasteiger partial charge < -0.3 is 9.15 Å². The van der Waals surface area contributed by atoms with Crippen LogP contribution in [0.5, 0.6) is 5.75 Å². The number of hydrogen-bond acceptors (Lipinski definition) is 7. The van der Waals surface area contributed by atoms with E-state index in [0.29, 0.717) is 5.75 Å². The Balaban J connectivity index is 1.39. The summed E-state index contributed by atoms with van der Waals surface area (Å²) >= 11 is 0. The first-order valence-corrected chi connectivity index (χ1v) is 10.0. The van der Waals surface area contributed by atoms with Crippen molar-refractivity contribution in [3.63, 3.8) is 0 Å². The first kappa shape index (κ1) is 19.2. The Bertz CT molecular complexity index is 1120. The van der Waals surface area contributed by atoms with Gasteiger partial charge in [0.05, 0.1) is 41.7 Å². The lowest BCUT2D eigenvalue weighted by molar-refractivity contribution is -0.384. The second-order valence-electron chi connectivity index (χ2n) is 7.92. The summed E-state index contributed by atoms with van der Waals surface area (Å²) in [5.74, 6) is -0.118. The van der Waals surface area contributed by atoms with Gasteiger partial charge in [-0.1, -0.05) is 12.2 Å². The van der Waals surface area contributed by atoms with Gasteiger partial charge in [-0.25, -0.2) is 0 Å². The molecule has 158 valence electrons. The molecule has 1 aromatic carbocycles. The molecular weight excluding hydrogens is 402 g/mol. The molecule has 1 aliphatic heterocycles. The van der Waals surface area contributed by atoms with E-state index < -0.39 is 4.92 Å². The van der Waals surface area contributed by atoms with E-state index in [1.165, 1.54) is 25.5 Å². The number of nitrogens with zero attached hydrogens (tertiary/aromatic N) is 3. The van der Waals surface area contributed by atoms with E-state index in [2.05, 4.69) is 5.10 Å². The lowest BCUT2D eigenvalue weighted by Gasteiger charge is -2.37. The van der Waals surface area contributed by atoms with Crippen LogP contribution in [-0.2, 0) is 9.59 Å². The number of fused-ring (bicyclic) bond motifs is 1. The van der Waals surface area contributed by atoms with Gasteiger partial charge in [0.1, 0.15) is 17.3 Å². The smallest absolute Gasteiger partial charge is 0.284 e. The van der Waals surface area contributed by atoms with E-state index in [-0.39, 0.29) is 58.3 Å². The fourth-order valence-electron chi connectivity index (χ4n) is 4.85. The summed E-state index contributed by atoms with van der Waals surface area (Å²) in [6.07, 6.45) is 7.23. The molecule has 9 nitrogen and oxygen atoms in total. The minimum absolute atomic E-state index is 0.0949. The number of allylic oxidation sites excluding steroid dienone is 2. The second-order valence-corrected chi connectivity index (χ2v) is 7.92. The lowest BCUT2D eigenvalue weighted by Crippen LogP contribution is -2.38. The van der Waals surface area contributed by atoms with Crippen molar-refractivity contribution in [3.8, 4) is 17.1 Å². The number of amides is 2. The number of benzene rings is 1. The number of hydrogen-bond donors (Lipinski definition) is 0. The van der Waals surface area contributed by atoms with Crippen molar-refractivity contribution in [2.45, 2.75) is 12.8 Å². The van der Waals surface area contributed by atoms with Gasteiger partial charge in [-0.05, 0) is 48.9 Å². The molecule has 0 unspecified atom stereocenters. The van der Waals surface area contributed by atoms with Crippen LogP contribution in [0.25, 0.3) is 11.3 Å². The number of nitro groups is 1. The van der Waals surface area contributed by atoms with Crippen molar-refractivity contribution in [1.29, 1.82) is 0 Å². The molecule has 3 aliphatic carbocycles. The maximum absolute atomic E-state index is 12.8. The monoisotopic (exact) mass is 421 g/mol. The van der Waals surface area contributed by atoms with E-state index >= 15 is 0 Å². The predicted molar refractivity (Wildman–Crippen MR) is 109 cm³/mol. The molecule has 4 atom stereocenters. The van der Waals surface area contributed by atoms with Crippen LogP contribution in [0.3, 0.4) is 0 Å². The van der Waals surface area contributed by atoms with Crippen molar-refractivity contribution in [1.82, 2.24) is 5.01 Å². The van der Waals surface area contributed by atoms with E-state index in [1.54, 1.807) is 18.2 Å². The molecule has 0 N–H and O–H groups in total. The van der Waals surface area contributed by atoms with Gasteiger partial charge in [0.2, 0.25) is 0 Å². The molecule has 2 bridgehead atoms. The Morgan fingerprint density at radius 3 is 2.39 bits per heavy atom. The molecule has 2 amide bonds. The summed E-state index contributed by atoms with van der Waals surface area (Å²) in [7, 11) is 1.43. The van der Waals surface area contributed by atoms with Gasteiger partial charge in [0.25, 0.3) is 17.5 Å². The van der Waals surface area contributed by atoms with Crippen LogP contribution < -0.4 is 4.74 Å². The number of carbonyl (C=O) groups excluding carboxylic acids is 2. The number of nitro benzene ring substituents is 1. The molecule has 0 spiro atoms. The summed E-state index contributed by atoms with van der Waals surface area (Å²) in [5.41, 5.74) is 0.126. The zero-order chi connectivity index (χ0) is 21.7. The molecule has 2 aromatic rings. The second kappa shape index (κ2) is 7.19. The fraction of sp³-hybridized carbons (Fsp3) is 0.318. The van der Waals surface area contributed by atoms with Gasteiger partial charge in [-0.15, -0.1) is 0 Å². The maximum atomic E-state index is 12.8. The Morgan fingerprint density at radius 2 is 1.81 bits per heavy atom. The van der Waals surface area contributed by atoms with Crippen molar-refractivity contribution in [2.24, 2.45) is 28.8 Å². The highest BCUT2D eigenvalue weighted by Gasteiger charge is 2.56. The number of rotatable bonds is 5. The highest BCUT2D eigenvalue weighted by Crippen LogP contribution is 2.49. The van der Waals surface area contributed by atoms with Crippen LogP contribution in [0.4, 0.5) is 5.69 Å². The number of furan rings is 1. The summed E-state index contributed by atoms with van der Waals surface area (Å²) in [6.45, 7) is 0. The van der Waals surface area contributed by atoms with Crippen molar-refractivity contribution in [3.05, 3.63) is 58.4 Å². The third-order valence-corrected chi connectivity index (χ3v) is 6.33. The van der Waals surface area contributed by atoms with E-state index in [4.69, 9.17) is 9.15 Å². The normalized spacial score (nSPS) is 26.7. The minimum Gasteiger partial charge on any atom is -0.497 e. The maximum Gasteiger partial charge on any atom is 0.284 e. The van der Waals surface area contributed by atoms with Gasteiger partial charge in [0, 0.05) is 0 Å². The van der Waals surface area contributed by atoms with Crippen LogP contribution >= 0.6 is 0 Å². The molecule has 9 heteroatoms. The quantitative estimate of drug-likeness (QED) is 0.240. The summed E-state index contributed by atoms with van der Waals surface area (Å²) in [6, 6.07) is 7.61. The number of carbonyl (C=O) groups is 2. The predicted octanol–water partition coefficient (Wildman–Crippen LogP) is 3.39. The topological polar surface area (TPSA) is 115 Å². The van der Waals surface area contributed by atoms with Crippen LogP contribution in [0, 0.1) is 33.8 Å². The number of ether oxygens (including phenoxy) is 1. The largest absolute Gasteiger partial charge is 0.497 e. The van der Waals surface area contributed by atoms with Crippen LogP contribution in [0.2, 0.25) is 0 Å². The molecule has 31 heavy (non-hydrogen) atoms. The summed E-state index contributed by atoms with van der Waals surface area (Å²) in [4.78, 5) is 36.5. The van der Waals surface area contributed by atoms with Gasteiger partial charge in [0.15, 0.2) is 0 Å². The molecule has 1 saturated carbocycles. The first-order valence-electron chi connectivity index (χ1n) is 10.0. The van der Waals surface area contributed by atoms with Crippen LogP contribution in [0.1, 0.15) is 18.6 Å². The number of imide groups is 1. The molecule has 1 saturated heterocycles. The van der Waals surface area contributed by atoms with E-state index in [9.17, 15) is 19.7 Å². The van der Waals surface area contributed by atoms with Crippen LogP contribution in [0.15, 0.2) is 52.0 Å². The van der Waals surface area contributed by atoms with Crippen molar-refractivity contribution < 1.29 is 23.7 Å². The van der Waals surface area contributed by atoms with Crippen molar-refractivity contribution in [2.75, 3.05) is 7.11 Å². The van der Waals surface area contributed by atoms with Crippen molar-refractivity contribution >= 4 is 23.7 Å². The molecule has 2 fully saturated rings. The Morgan fingerprint density at radius 1 is 1.13 bits per heavy atom. The number of methoxy groups -OCH3 is 1. The molecular formula is C22H19N3O6. The number of hydrazone groups is 1. The molecule has 2 heterocycles. The molecule has 0 radical (unpaired) electrons. The third kappa shape index (κ3) is 3.04. The van der Waals surface area contributed by atoms with Crippen LogP contribution in [-0.4, -0.2) is 35.1 Å². The molecule has 1 aromatic heterocycles. The first-order chi connectivity index (χ1) is 15.0. The highest BCUT2D eigenvalue weighted by molar-refractivity contribution is 6.06. The average molecular weight is 421 g/mol. The Labute approximate surface area is 177 Å². The Hall–Kier alpha value is -3.75. The van der Waals surface area contributed by atoms with Gasteiger partial charge in [-0.3, -0.25) is 19.7 Å². The molecule has 4 aliphatic rings. The van der Waals surface area contributed by atoms with E-state index in [0.717, 1.165) is 17.9 Å². The lowest BCUT2D eigenvalue weighted by atomic mass is 9.63. The zero-order valence-electron chi connectivity index (χ0n) is 16.6. The SMILES string of the molecule is COc1ccc(-c2ccc(/C=N\N3C(=O)[C@@H]4[C@@H](C3=O)[C@H]3C=C[C@@H]4CC3)o2)c([N+](=O)[O-])c1. The van der Waals surface area contributed by atoms with E-state index in [1.807, 2.05) is 12.2 Å².